The molecule has 1 saturated heterocycles. The quantitative estimate of drug-likeness (QED) is 0.894. The molecule has 2 rings (SSSR count). The van der Waals surface area contributed by atoms with Crippen LogP contribution in [0.3, 0.4) is 0 Å². The van der Waals surface area contributed by atoms with Crippen LogP contribution in [0.5, 0.6) is 0 Å². The van der Waals surface area contributed by atoms with Gasteiger partial charge >= 0.3 is 0 Å². The summed E-state index contributed by atoms with van der Waals surface area (Å²) in [6, 6.07) is 8.91. The zero-order valence-corrected chi connectivity index (χ0v) is 12.7. The maximum atomic E-state index is 10.2. The Morgan fingerprint density at radius 3 is 2.37 bits per heavy atom. The van der Waals surface area contributed by atoms with Gasteiger partial charge < -0.3 is 10.0 Å². The van der Waals surface area contributed by atoms with E-state index in [1.165, 1.54) is 17.7 Å². The molecule has 0 bridgehead atoms. The minimum absolute atomic E-state index is 0.367. The van der Waals surface area contributed by atoms with Crippen molar-refractivity contribution in [3.8, 4) is 0 Å². The highest BCUT2D eigenvalue weighted by atomic mass is 16.3. The number of piperidine rings is 1. The predicted molar refractivity (Wildman–Crippen MR) is 81.8 cm³/mol. The molecule has 1 N–H and O–H groups in total. The lowest BCUT2D eigenvalue weighted by atomic mass is 9.84. The molecule has 1 aromatic carbocycles. The van der Waals surface area contributed by atoms with E-state index in [0.717, 1.165) is 19.5 Å². The molecule has 1 fully saturated rings. The average molecular weight is 261 g/mol. The minimum Gasteiger partial charge on any atom is -0.390 e. The molecule has 0 spiro atoms. The molecule has 1 heterocycles. The maximum Gasteiger partial charge on any atom is 0.0636 e. The van der Waals surface area contributed by atoms with Crippen molar-refractivity contribution in [2.45, 2.75) is 52.1 Å². The standard InChI is InChI=1S/C17H27NO/c1-13(2)14-7-9-16(10-8-14)18-11-5-6-15(12-18)17(3,4)19/h7-10,13,15,19H,5-6,11-12H2,1-4H3. The summed E-state index contributed by atoms with van der Waals surface area (Å²) in [5, 5.41) is 10.2. The first-order chi connectivity index (χ1) is 8.88. The molecule has 0 amide bonds. The Balaban J connectivity index is 2.09. The lowest BCUT2D eigenvalue weighted by Crippen LogP contribution is -2.44. The number of anilines is 1. The first-order valence-electron chi connectivity index (χ1n) is 7.45. The van der Waals surface area contributed by atoms with Crippen LogP contribution in [0.15, 0.2) is 24.3 Å². The summed E-state index contributed by atoms with van der Waals surface area (Å²) in [4.78, 5) is 2.41. The Hall–Kier alpha value is -1.02. The zero-order valence-electron chi connectivity index (χ0n) is 12.7. The van der Waals surface area contributed by atoms with Crippen molar-refractivity contribution in [1.29, 1.82) is 0 Å². The molecule has 0 aromatic heterocycles. The molecule has 1 aromatic rings. The van der Waals surface area contributed by atoms with Crippen molar-refractivity contribution in [2.24, 2.45) is 5.92 Å². The van der Waals surface area contributed by atoms with E-state index in [2.05, 4.69) is 43.0 Å². The predicted octanol–water partition coefficient (Wildman–Crippen LogP) is 3.80. The Morgan fingerprint density at radius 2 is 1.84 bits per heavy atom. The summed E-state index contributed by atoms with van der Waals surface area (Å²) < 4.78 is 0. The van der Waals surface area contributed by atoms with Crippen LogP contribution >= 0.6 is 0 Å². The van der Waals surface area contributed by atoms with Crippen LogP contribution in [0.4, 0.5) is 5.69 Å². The summed E-state index contributed by atoms with van der Waals surface area (Å²) in [5.41, 5.74) is 2.11. The monoisotopic (exact) mass is 261 g/mol. The Kier molecular flexibility index (Phi) is 4.19. The van der Waals surface area contributed by atoms with E-state index >= 15 is 0 Å². The van der Waals surface area contributed by atoms with Crippen LogP contribution < -0.4 is 4.90 Å². The van der Waals surface area contributed by atoms with Gasteiger partial charge in [0.05, 0.1) is 5.60 Å². The Labute approximate surface area is 117 Å². The van der Waals surface area contributed by atoms with Crippen molar-refractivity contribution in [2.75, 3.05) is 18.0 Å². The van der Waals surface area contributed by atoms with Gasteiger partial charge in [-0.1, -0.05) is 26.0 Å². The lowest BCUT2D eigenvalue weighted by Gasteiger charge is -2.40. The van der Waals surface area contributed by atoms with Crippen LogP contribution in [-0.2, 0) is 0 Å². The highest BCUT2D eigenvalue weighted by Gasteiger charge is 2.31. The van der Waals surface area contributed by atoms with Crippen LogP contribution in [0, 0.1) is 5.92 Å². The largest absolute Gasteiger partial charge is 0.390 e. The fraction of sp³-hybridized carbons (Fsp3) is 0.647. The van der Waals surface area contributed by atoms with Crippen LogP contribution in [-0.4, -0.2) is 23.8 Å². The molecule has 1 aliphatic rings. The third-order valence-electron chi connectivity index (χ3n) is 4.35. The van der Waals surface area contributed by atoms with Crippen LogP contribution in [0.2, 0.25) is 0 Å². The first-order valence-corrected chi connectivity index (χ1v) is 7.45. The number of aliphatic hydroxyl groups is 1. The van der Waals surface area contributed by atoms with E-state index in [9.17, 15) is 5.11 Å². The molecule has 106 valence electrons. The van der Waals surface area contributed by atoms with E-state index in [0.29, 0.717) is 11.8 Å². The molecule has 1 unspecified atom stereocenters. The molecule has 1 aliphatic heterocycles. The Morgan fingerprint density at radius 1 is 1.21 bits per heavy atom. The van der Waals surface area contributed by atoms with E-state index < -0.39 is 5.60 Å². The first kappa shape index (κ1) is 14.4. The molecule has 2 nitrogen and oxygen atoms in total. The molecule has 0 radical (unpaired) electrons. The van der Waals surface area contributed by atoms with Crippen LogP contribution in [0.25, 0.3) is 0 Å². The number of hydrogen-bond donors (Lipinski definition) is 1. The van der Waals surface area contributed by atoms with Crippen molar-refractivity contribution < 1.29 is 5.11 Å². The summed E-state index contributed by atoms with van der Waals surface area (Å²) in [6.07, 6.45) is 2.30. The van der Waals surface area contributed by atoms with E-state index in [-0.39, 0.29) is 0 Å². The second kappa shape index (κ2) is 5.54. The summed E-state index contributed by atoms with van der Waals surface area (Å²) in [5.74, 6) is 0.950. The fourth-order valence-corrected chi connectivity index (χ4v) is 2.86. The van der Waals surface area contributed by atoms with Gasteiger partial charge in [-0.3, -0.25) is 0 Å². The summed E-state index contributed by atoms with van der Waals surface area (Å²) >= 11 is 0. The van der Waals surface area contributed by atoms with Crippen molar-refractivity contribution in [3.63, 3.8) is 0 Å². The Bertz CT molecular complexity index is 402. The average Bonchev–Trinajstić information content (AvgIpc) is 2.38. The van der Waals surface area contributed by atoms with E-state index in [1.54, 1.807) is 0 Å². The molecule has 19 heavy (non-hydrogen) atoms. The zero-order chi connectivity index (χ0) is 14.0. The second-order valence-electron chi connectivity index (χ2n) is 6.69. The van der Waals surface area contributed by atoms with E-state index in [1.807, 2.05) is 13.8 Å². The van der Waals surface area contributed by atoms with Gasteiger partial charge in [0.25, 0.3) is 0 Å². The van der Waals surface area contributed by atoms with Crippen molar-refractivity contribution in [3.05, 3.63) is 29.8 Å². The highest BCUT2D eigenvalue weighted by Crippen LogP contribution is 2.30. The molecule has 0 saturated carbocycles. The molecule has 1 atom stereocenters. The third-order valence-corrected chi connectivity index (χ3v) is 4.35. The topological polar surface area (TPSA) is 23.5 Å². The van der Waals surface area contributed by atoms with Gasteiger partial charge in [0, 0.05) is 24.7 Å². The smallest absolute Gasteiger partial charge is 0.0636 e. The maximum absolute atomic E-state index is 10.2. The normalized spacial score (nSPS) is 20.9. The van der Waals surface area contributed by atoms with Crippen molar-refractivity contribution in [1.82, 2.24) is 0 Å². The lowest BCUT2D eigenvalue weighted by molar-refractivity contribution is 0.0110. The van der Waals surface area contributed by atoms with E-state index in [4.69, 9.17) is 0 Å². The third kappa shape index (κ3) is 3.50. The van der Waals surface area contributed by atoms with Gasteiger partial charge in [0.15, 0.2) is 0 Å². The van der Waals surface area contributed by atoms with Gasteiger partial charge in [-0.05, 0) is 50.3 Å². The molecule has 2 heteroatoms. The molecular formula is C17H27NO. The SMILES string of the molecule is CC(C)c1ccc(N2CCCC(C(C)(C)O)C2)cc1. The van der Waals surface area contributed by atoms with Crippen LogP contribution in [0.1, 0.15) is 52.0 Å². The molecular weight excluding hydrogens is 234 g/mol. The number of nitrogens with zero attached hydrogens (tertiary/aromatic N) is 1. The van der Waals surface area contributed by atoms with Gasteiger partial charge in [-0.25, -0.2) is 0 Å². The summed E-state index contributed by atoms with van der Waals surface area (Å²) in [7, 11) is 0. The second-order valence-corrected chi connectivity index (χ2v) is 6.69. The number of benzene rings is 1. The fourth-order valence-electron chi connectivity index (χ4n) is 2.86. The minimum atomic E-state index is -0.573. The molecule has 0 aliphatic carbocycles. The summed E-state index contributed by atoms with van der Waals surface area (Å²) in [6.45, 7) is 10.4. The number of rotatable bonds is 3. The highest BCUT2D eigenvalue weighted by molar-refractivity contribution is 5.48. The van der Waals surface area contributed by atoms with Gasteiger partial charge in [0.1, 0.15) is 0 Å². The van der Waals surface area contributed by atoms with Gasteiger partial charge in [-0.15, -0.1) is 0 Å². The van der Waals surface area contributed by atoms with Crippen molar-refractivity contribution >= 4 is 5.69 Å². The van der Waals surface area contributed by atoms with Gasteiger partial charge in [0.2, 0.25) is 0 Å². The number of hydrogen-bond acceptors (Lipinski definition) is 2. The van der Waals surface area contributed by atoms with Gasteiger partial charge in [-0.2, -0.15) is 0 Å².